The van der Waals surface area contributed by atoms with E-state index in [0.717, 1.165) is 31.2 Å². The maximum absolute atomic E-state index is 6.12. The number of rotatable bonds is 2. The molecule has 2 aromatic heterocycles. The Morgan fingerprint density at radius 2 is 2.22 bits per heavy atom. The first-order valence-corrected chi connectivity index (χ1v) is 6.10. The Bertz CT molecular complexity index is 566. The van der Waals surface area contributed by atoms with Crippen molar-refractivity contribution in [3.63, 3.8) is 0 Å². The van der Waals surface area contributed by atoms with Crippen molar-refractivity contribution >= 4 is 17.4 Å². The Hall–Kier alpha value is -1.66. The molecule has 0 bridgehead atoms. The molecule has 0 aromatic carbocycles. The van der Waals surface area contributed by atoms with Crippen molar-refractivity contribution in [1.29, 1.82) is 0 Å². The van der Waals surface area contributed by atoms with Crippen molar-refractivity contribution in [3.05, 3.63) is 35.0 Å². The quantitative estimate of drug-likeness (QED) is 0.873. The summed E-state index contributed by atoms with van der Waals surface area (Å²) in [6.45, 7) is 3.25. The van der Waals surface area contributed by atoms with Crippen LogP contribution >= 0.6 is 11.6 Å². The van der Waals surface area contributed by atoms with Crippen LogP contribution in [0.4, 0.5) is 5.82 Å². The predicted molar refractivity (Wildman–Crippen MR) is 67.8 cm³/mol. The lowest BCUT2D eigenvalue weighted by atomic mass is 10.3. The highest BCUT2D eigenvalue weighted by Crippen LogP contribution is 2.19. The van der Waals surface area contributed by atoms with Gasteiger partial charge in [-0.2, -0.15) is 0 Å². The van der Waals surface area contributed by atoms with E-state index in [1.54, 1.807) is 18.5 Å². The summed E-state index contributed by atoms with van der Waals surface area (Å²) >= 11 is 6.12. The van der Waals surface area contributed by atoms with Crippen LogP contribution in [0.3, 0.4) is 0 Å². The van der Waals surface area contributed by atoms with E-state index in [1.807, 2.05) is 0 Å². The molecule has 1 aliphatic heterocycles. The third-order valence-electron chi connectivity index (χ3n) is 3.03. The van der Waals surface area contributed by atoms with E-state index >= 15 is 0 Å². The van der Waals surface area contributed by atoms with Crippen molar-refractivity contribution in [1.82, 2.24) is 24.6 Å². The summed E-state index contributed by atoms with van der Waals surface area (Å²) < 4.78 is 2.06. The molecular weight excluding hydrogens is 252 g/mol. The normalized spacial score (nSPS) is 15.6. The maximum Gasteiger partial charge on any atom is 0.147 e. The minimum Gasteiger partial charge on any atom is -0.384 e. The molecule has 2 aromatic rings. The molecule has 0 amide bonds. The molecule has 3 rings (SSSR count). The summed E-state index contributed by atoms with van der Waals surface area (Å²) in [5.41, 5.74) is 6.49. The predicted octanol–water partition coefficient (Wildman–Crippen LogP) is 0.924. The number of nitrogen functional groups attached to an aromatic ring is 1. The Balaban J connectivity index is 1.76. The number of fused-ring (bicyclic) bond motifs is 1. The topological polar surface area (TPSA) is 72.9 Å². The van der Waals surface area contributed by atoms with Gasteiger partial charge in [0.1, 0.15) is 18.0 Å². The van der Waals surface area contributed by atoms with Gasteiger partial charge in [0.15, 0.2) is 0 Å². The molecule has 0 unspecified atom stereocenters. The van der Waals surface area contributed by atoms with Gasteiger partial charge < -0.3 is 10.3 Å². The Labute approximate surface area is 109 Å². The molecular formula is C11H13ClN6. The molecule has 0 aliphatic carbocycles. The third kappa shape index (κ3) is 2.16. The van der Waals surface area contributed by atoms with Crippen LogP contribution in [-0.4, -0.2) is 31.2 Å². The summed E-state index contributed by atoms with van der Waals surface area (Å²) in [6.07, 6.45) is 1.76. The fraction of sp³-hybridized carbons (Fsp3) is 0.364. The summed E-state index contributed by atoms with van der Waals surface area (Å²) in [5, 5.41) is 8.63. The number of pyridine rings is 1. The average molecular weight is 265 g/mol. The van der Waals surface area contributed by atoms with Gasteiger partial charge >= 0.3 is 0 Å². The lowest BCUT2D eigenvalue weighted by Gasteiger charge is -2.26. The molecule has 2 N–H and O–H groups in total. The van der Waals surface area contributed by atoms with Gasteiger partial charge in [-0.3, -0.25) is 4.90 Å². The monoisotopic (exact) mass is 264 g/mol. The molecule has 0 spiro atoms. The lowest BCUT2D eigenvalue weighted by molar-refractivity contribution is 0.206. The fourth-order valence-corrected chi connectivity index (χ4v) is 2.24. The Morgan fingerprint density at radius 3 is 3.11 bits per heavy atom. The molecule has 3 heterocycles. The van der Waals surface area contributed by atoms with Crippen molar-refractivity contribution in [2.75, 3.05) is 12.3 Å². The first-order valence-electron chi connectivity index (χ1n) is 5.72. The van der Waals surface area contributed by atoms with Crippen molar-refractivity contribution in [2.24, 2.45) is 0 Å². The van der Waals surface area contributed by atoms with E-state index in [9.17, 15) is 0 Å². The zero-order valence-electron chi connectivity index (χ0n) is 9.75. The number of halogens is 1. The number of aromatic nitrogens is 4. The number of anilines is 1. The van der Waals surface area contributed by atoms with Crippen molar-refractivity contribution in [3.8, 4) is 0 Å². The smallest absolute Gasteiger partial charge is 0.147 e. The van der Waals surface area contributed by atoms with Gasteiger partial charge in [-0.1, -0.05) is 11.6 Å². The molecule has 18 heavy (non-hydrogen) atoms. The molecule has 7 heteroatoms. The van der Waals surface area contributed by atoms with Crippen LogP contribution in [0.25, 0.3) is 0 Å². The van der Waals surface area contributed by atoms with Crippen LogP contribution in [-0.2, 0) is 19.6 Å². The second kappa shape index (κ2) is 4.55. The minimum atomic E-state index is 0.495. The van der Waals surface area contributed by atoms with E-state index in [4.69, 9.17) is 17.3 Å². The zero-order chi connectivity index (χ0) is 12.5. The first kappa shape index (κ1) is 11.4. The van der Waals surface area contributed by atoms with Crippen molar-refractivity contribution < 1.29 is 0 Å². The van der Waals surface area contributed by atoms with Gasteiger partial charge in [0, 0.05) is 19.6 Å². The molecule has 0 saturated heterocycles. The third-order valence-corrected chi connectivity index (χ3v) is 3.38. The van der Waals surface area contributed by atoms with E-state index in [0.29, 0.717) is 17.4 Å². The first-order chi connectivity index (χ1) is 8.72. The molecule has 94 valence electrons. The number of hydrogen-bond donors (Lipinski definition) is 1. The highest BCUT2D eigenvalue weighted by molar-refractivity contribution is 6.31. The number of hydrogen-bond acceptors (Lipinski definition) is 5. The second-order valence-electron chi connectivity index (χ2n) is 4.32. The Morgan fingerprint density at radius 1 is 1.33 bits per heavy atom. The zero-order valence-corrected chi connectivity index (χ0v) is 10.5. The standard InChI is InChI=1S/C11H13ClN6/c12-8-1-2-10(13)15-9(8)5-17-3-4-18-7-14-16-11(18)6-17/h1-2,7H,3-6H2,(H2,13,15). The SMILES string of the molecule is Nc1ccc(Cl)c(CN2CCn3cnnc3C2)n1. The fourth-order valence-electron chi connectivity index (χ4n) is 2.08. The van der Waals surface area contributed by atoms with Crippen LogP contribution in [0.15, 0.2) is 18.5 Å². The van der Waals surface area contributed by atoms with E-state index < -0.39 is 0 Å². The molecule has 0 atom stereocenters. The van der Waals surface area contributed by atoms with Gasteiger partial charge in [0.25, 0.3) is 0 Å². The lowest BCUT2D eigenvalue weighted by Crippen LogP contribution is -2.33. The van der Waals surface area contributed by atoms with Gasteiger partial charge in [0.05, 0.1) is 17.3 Å². The van der Waals surface area contributed by atoms with Gasteiger partial charge in [0.2, 0.25) is 0 Å². The van der Waals surface area contributed by atoms with Gasteiger partial charge in [-0.15, -0.1) is 10.2 Å². The van der Waals surface area contributed by atoms with Crippen LogP contribution in [0, 0.1) is 0 Å². The summed E-state index contributed by atoms with van der Waals surface area (Å²) in [6, 6.07) is 3.49. The van der Waals surface area contributed by atoms with E-state index in [2.05, 4.69) is 24.6 Å². The average Bonchev–Trinajstić information content (AvgIpc) is 2.81. The summed E-state index contributed by atoms with van der Waals surface area (Å²) in [4.78, 5) is 6.51. The molecule has 6 nitrogen and oxygen atoms in total. The molecule has 0 radical (unpaired) electrons. The highest BCUT2D eigenvalue weighted by Gasteiger charge is 2.18. The summed E-state index contributed by atoms with van der Waals surface area (Å²) in [5.74, 6) is 1.47. The maximum atomic E-state index is 6.12. The number of nitrogens with two attached hydrogens (primary N) is 1. The van der Waals surface area contributed by atoms with Crippen LogP contribution in [0.1, 0.15) is 11.5 Å². The molecule has 0 saturated carbocycles. The largest absolute Gasteiger partial charge is 0.384 e. The summed E-state index contributed by atoms with van der Waals surface area (Å²) in [7, 11) is 0. The van der Waals surface area contributed by atoms with Gasteiger partial charge in [-0.05, 0) is 12.1 Å². The van der Waals surface area contributed by atoms with E-state index in [-0.39, 0.29) is 0 Å². The van der Waals surface area contributed by atoms with Crippen LogP contribution in [0.5, 0.6) is 0 Å². The van der Waals surface area contributed by atoms with Gasteiger partial charge in [-0.25, -0.2) is 4.98 Å². The molecule has 1 aliphatic rings. The van der Waals surface area contributed by atoms with Crippen LogP contribution in [0.2, 0.25) is 5.02 Å². The Kier molecular flexibility index (Phi) is 2.89. The van der Waals surface area contributed by atoms with E-state index in [1.165, 1.54) is 0 Å². The van der Waals surface area contributed by atoms with Crippen LogP contribution < -0.4 is 5.73 Å². The van der Waals surface area contributed by atoms with Crippen molar-refractivity contribution in [2.45, 2.75) is 19.6 Å². The highest BCUT2D eigenvalue weighted by atomic mass is 35.5. The second-order valence-corrected chi connectivity index (χ2v) is 4.72. The minimum absolute atomic E-state index is 0.495. The molecule has 0 fully saturated rings. The number of nitrogens with zero attached hydrogens (tertiary/aromatic N) is 5.